The third kappa shape index (κ3) is 5.65. The van der Waals surface area contributed by atoms with Gasteiger partial charge in [-0.1, -0.05) is 12.2 Å². The fourth-order valence-corrected chi connectivity index (χ4v) is 8.84. The molecule has 0 aromatic carbocycles. The number of carbonyl (C=O) groups excluding carboxylic acids is 3. The van der Waals surface area contributed by atoms with Gasteiger partial charge in [0.2, 0.25) is 11.8 Å². The highest BCUT2D eigenvalue weighted by Gasteiger charge is 2.77. The molecule has 3 aliphatic rings. The lowest BCUT2D eigenvalue weighted by molar-refractivity contribution is -0.155. The van der Waals surface area contributed by atoms with Crippen molar-refractivity contribution in [1.29, 1.82) is 0 Å². The first-order chi connectivity index (χ1) is 17.5. The Labute approximate surface area is 227 Å². The van der Waals surface area contributed by atoms with Crippen molar-refractivity contribution in [3.8, 4) is 0 Å². The van der Waals surface area contributed by atoms with Crippen molar-refractivity contribution >= 4 is 29.5 Å². The summed E-state index contributed by atoms with van der Waals surface area (Å²) in [7, 11) is 0. The number of nitrogens with zero attached hydrogens (tertiary/aromatic N) is 2. The van der Waals surface area contributed by atoms with Gasteiger partial charge in [0.25, 0.3) is 0 Å². The number of aliphatic hydroxyl groups excluding tert-OH is 1. The molecule has 7 nitrogen and oxygen atoms in total. The van der Waals surface area contributed by atoms with E-state index in [4.69, 9.17) is 4.74 Å². The van der Waals surface area contributed by atoms with Gasteiger partial charge in [-0.25, -0.2) is 0 Å². The largest absolute Gasteiger partial charge is 0.465 e. The maximum atomic E-state index is 14.3. The summed E-state index contributed by atoms with van der Waals surface area (Å²) in [6.07, 6.45) is 9.77. The molecule has 1 N–H and O–H groups in total. The number of aliphatic hydroxyl groups is 1. The van der Waals surface area contributed by atoms with Gasteiger partial charge in [-0.2, -0.15) is 0 Å². The highest BCUT2D eigenvalue weighted by Crippen LogP contribution is 2.71. The van der Waals surface area contributed by atoms with Crippen molar-refractivity contribution in [3.05, 3.63) is 25.3 Å². The molecule has 0 aliphatic carbocycles. The minimum Gasteiger partial charge on any atom is -0.465 e. The second-order valence-electron chi connectivity index (χ2n) is 11.9. The van der Waals surface area contributed by atoms with Gasteiger partial charge in [0.15, 0.2) is 0 Å². The summed E-state index contributed by atoms with van der Waals surface area (Å²) in [5.74, 6) is -1.59. The first-order valence-corrected chi connectivity index (χ1v) is 14.6. The van der Waals surface area contributed by atoms with Crippen molar-refractivity contribution in [2.45, 2.75) is 100 Å². The van der Waals surface area contributed by atoms with Gasteiger partial charge in [0.1, 0.15) is 6.04 Å². The molecule has 0 aromatic heterocycles. The number of amides is 2. The Balaban J connectivity index is 1.94. The van der Waals surface area contributed by atoms with Gasteiger partial charge in [-0.05, 0) is 79.1 Å². The molecular formula is C29H46N2O5S. The van der Waals surface area contributed by atoms with Crippen LogP contribution >= 0.6 is 11.8 Å². The zero-order valence-corrected chi connectivity index (χ0v) is 24.0. The predicted molar refractivity (Wildman–Crippen MR) is 148 cm³/mol. The maximum absolute atomic E-state index is 14.3. The van der Waals surface area contributed by atoms with Gasteiger partial charge in [0, 0.05) is 30.0 Å². The topological polar surface area (TPSA) is 87.1 Å². The number of esters is 1. The number of likely N-dealkylation sites (tertiary alicyclic amines) is 1. The lowest BCUT2D eigenvalue weighted by atomic mass is 9.66. The van der Waals surface area contributed by atoms with Crippen LogP contribution in [0.25, 0.3) is 0 Å². The van der Waals surface area contributed by atoms with E-state index in [0.717, 1.165) is 38.5 Å². The van der Waals surface area contributed by atoms with E-state index in [1.54, 1.807) is 22.7 Å². The molecule has 2 bridgehead atoms. The van der Waals surface area contributed by atoms with Crippen LogP contribution in [0.1, 0.15) is 79.1 Å². The summed E-state index contributed by atoms with van der Waals surface area (Å²) in [6.45, 7) is 16.9. The molecule has 5 atom stereocenters. The van der Waals surface area contributed by atoms with E-state index >= 15 is 0 Å². The van der Waals surface area contributed by atoms with Crippen molar-refractivity contribution in [1.82, 2.24) is 9.80 Å². The van der Waals surface area contributed by atoms with Crippen LogP contribution in [-0.4, -0.2) is 80.1 Å². The number of hydrogen-bond donors (Lipinski definition) is 1. The molecule has 2 unspecified atom stereocenters. The summed E-state index contributed by atoms with van der Waals surface area (Å²) in [4.78, 5) is 45.5. The van der Waals surface area contributed by atoms with Gasteiger partial charge in [-0.15, -0.1) is 24.9 Å². The zero-order chi connectivity index (χ0) is 27.4. The van der Waals surface area contributed by atoms with Crippen LogP contribution in [0.5, 0.6) is 0 Å². The molecule has 0 aromatic rings. The Kier molecular flexibility index (Phi) is 9.60. The predicted octanol–water partition coefficient (Wildman–Crippen LogP) is 4.34. The summed E-state index contributed by atoms with van der Waals surface area (Å²) in [5.41, 5.74) is -0.444. The fraction of sp³-hybridized carbons (Fsp3) is 0.759. The molecule has 3 fully saturated rings. The van der Waals surface area contributed by atoms with Crippen molar-refractivity contribution in [3.63, 3.8) is 0 Å². The molecule has 208 valence electrons. The molecule has 2 amide bonds. The van der Waals surface area contributed by atoms with Gasteiger partial charge < -0.3 is 19.6 Å². The van der Waals surface area contributed by atoms with E-state index in [9.17, 15) is 19.5 Å². The van der Waals surface area contributed by atoms with Crippen molar-refractivity contribution < 1.29 is 24.2 Å². The number of rotatable bonds is 14. The number of carbonyl (C=O) groups is 3. The van der Waals surface area contributed by atoms with E-state index < -0.39 is 32.9 Å². The summed E-state index contributed by atoms with van der Waals surface area (Å²) in [6, 6.07) is -0.629. The van der Waals surface area contributed by atoms with E-state index in [0.29, 0.717) is 32.5 Å². The molecule has 0 radical (unpaired) electrons. The first-order valence-electron chi connectivity index (χ1n) is 13.8. The Morgan fingerprint density at radius 1 is 1.16 bits per heavy atom. The maximum Gasteiger partial charge on any atom is 0.311 e. The second-order valence-corrected chi connectivity index (χ2v) is 13.8. The summed E-state index contributed by atoms with van der Waals surface area (Å²) < 4.78 is 4.67. The SMILES string of the molecule is C=CCCCCOC(=O)[C@H]1[C@H]2C(=O)N(CCCCCO)C(C(=O)N(CC=C)C(C)(C)C)C23CC[C@]1(C)S3. The van der Waals surface area contributed by atoms with Crippen LogP contribution < -0.4 is 0 Å². The van der Waals surface area contributed by atoms with Crippen LogP contribution in [0.2, 0.25) is 0 Å². The number of hydrogen-bond acceptors (Lipinski definition) is 6. The Hall–Kier alpha value is -1.80. The lowest BCUT2D eigenvalue weighted by Crippen LogP contribution is -2.58. The minimum atomic E-state index is -0.642. The Bertz CT molecular complexity index is 886. The van der Waals surface area contributed by atoms with Crippen LogP contribution in [0.4, 0.5) is 0 Å². The van der Waals surface area contributed by atoms with Crippen LogP contribution in [0, 0.1) is 11.8 Å². The molecule has 0 saturated carbocycles. The Morgan fingerprint density at radius 2 is 1.89 bits per heavy atom. The van der Waals surface area contributed by atoms with Gasteiger partial charge in [0.05, 0.1) is 23.2 Å². The average Bonchev–Trinajstić information content (AvgIpc) is 3.39. The first kappa shape index (κ1) is 29.8. The fourth-order valence-electron chi connectivity index (χ4n) is 6.50. The Morgan fingerprint density at radius 3 is 2.51 bits per heavy atom. The standard InChI is InChI=1S/C29H46N2O5S/c1-7-9-10-14-20-36-26(35)22-21-24(33)30(18-12-11-13-19-32)23(29(21)16-15-28(22,6)37-29)25(34)31(17-8-2)27(3,4)5/h7-8,21-23,32H,1-2,9-20H2,3-6H3/t21-,22+,23?,28-,29?/m0/s1. The number of fused-ring (bicyclic) bond motifs is 1. The number of ether oxygens (including phenoxy) is 1. The molecule has 3 rings (SSSR count). The van der Waals surface area contributed by atoms with Crippen molar-refractivity contribution in [2.24, 2.45) is 11.8 Å². The van der Waals surface area contributed by atoms with Crippen LogP contribution in [0.3, 0.4) is 0 Å². The molecule has 3 heterocycles. The van der Waals surface area contributed by atoms with Crippen LogP contribution in [0.15, 0.2) is 25.3 Å². The molecule has 1 spiro atoms. The summed E-state index contributed by atoms with van der Waals surface area (Å²) >= 11 is 1.68. The normalized spacial score (nSPS) is 30.4. The van der Waals surface area contributed by atoms with E-state index in [1.807, 2.05) is 31.7 Å². The van der Waals surface area contributed by atoms with E-state index in [1.165, 1.54) is 0 Å². The highest BCUT2D eigenvalue weighted by molar-refractivity contribution is 8.02. The van der Waals surface area contributed by atoms with Crippen LogP contribution in [-0.2, 0) is 19.1 Å². The smallest absolute Gasteiger partial charge is 0.311 e. The quantitative estimate of drug-likeness (QED) is 0.203. The third-order valence-electron chi connectivity index (χ3n) is 8.26. The van der Waals surface area contributed by atoms with E-state index in [2.05, 4.69) is 20.1 Å². The average molecular weight is 535 g/mol. The molecule has 3 saturated heterocycles. The highest BCUT2D eigenvalue weighted by atomic mass is 32.2. The lowest BCUT2D eigenvalue weighted by Gasteiger charge is -2.42. The number of thioether (sulfide) groups is 1. The van der Waals surface area contributed by atoms with Gasteiger partial charge >= 0.3 is 5.97 Å². The molecular weight excluding hydrogens is 488 g/mol. The zero-order valence-electron chi connectivity index (χ0n) is 23.2. The molecule has 37 heavy (non-hydrogen) atoms. The molecule has 8 heteroatoms. The monoisotopic (exact) mass is 534 g/mol. The van der Waals surface area contributed by atoms with Crippen molar-refractivity contribution in [2.75, 3.05) is 26.3 Å². The molecule has 3 aliphatic heterocycles. The third-order valence-corrected chi connectivity index (χ3v) is 10.2. The van der Waals surface area contributed by atoms with E-state index in [-0.39, 0.29) is 24.4 Å². The minimum absolute atomic E-state index is 0.0689. The second kappa shape index (κ2) is 11.9. The summed E-state index contributed by atoms with van der Waals surface area (Å²) in [5, 5.41) is 9.22. The number of allylic oxidation sites excluding steroid dienone is 1. The number of unbranched alkanes of at least 4 members (excludes halogenated alkanes) is 4. The van der Waals surface area contributed by atoms with Gasteiger partial charge in [-0.3, -0.25) is 14.4 Å².